The minimum Gasteiger partial charge on any atom is -0.384 e. The monoisotopic (exact) mass is 208 g/mol. The van der Waals surface area contributed by atoms with Crippen molar-refractivity contribution in [2.75, 3.05) is 5.73 Å². The first-order valence-electron chi connectivity index (χ1n) is 5.40. The third-order valence-corrected chi connectivity index (χ3v) is 2.18. The number of ether oxygens (including phenoxy) is 1. The smallest absolute Gasteiger partial charge is 0.123 e. The molecule has 84 valence electrons. The highest BCUT2D eigenvalue weighted by Crippen LogP contribution is 2.11. The second-order valence-electron chi connectivity index (χ2n) is 4.34. The summed E-state index contributed by atoms with van der Waals surface area (Å²) in [6.07, 6.45) is 3.08. The lowest BCUT2D eigenvalue weighted by Gasteiger charge is -2.15. The number of hydrogen-bond donors (Lipinski definition) is 1. The molecule has 0 aliphatic heterocycles. The van der Waals surface area contributed by atoms with E-state index in [2.05, 4.69) is 25.8 Å². The van der Waals surface area contributed by atoms with Crippen LogP contribution in [0.1, 0.15) is 32.8 Å². The molecule has 15 heavy (non-hydrogen) atoms. The van der Waals surface area contributed by atoms with Gasteiger partial charge in [-0.05, 0) is 37.0 Å². The highest BCUT2D eigenvalue weighted by Gasteiger charge is 2.05. The van der Waals surface area contributed by atoms with Crippen LogP contribution in [0.25, 0.3) is 0 Å². The van der Waals surface area contributed by atoms with Crippen molar-refractivity contribution in [1.82, 2.24) is 4.98 Å². The molecule has 0 bridgehead atoms. The van der Waals surface area contributed by atoms with Crippen LogP contribution in [-0.2, 0) is 11.3 Å². The molecule has 1 aromatic heterocycles. The summed E-state index contributed by atoms with van der Waals surface area (Å²) in [7, 11) is 0. The lowest BCUT2D eigenvalue weighted by Crippen LogP contribution is -2.11. The average Bonchev–Trinajstić information content (AvgIpc) is 2.14. The molecule has 0 aromatic carbocycles. The Morgan fingerprint density at radius 3 is 2.73 bits per heavy atom. The molecule has 1 aromatic rings. The Morgan fingerprint density at radius 2 is 2.13 bits per heavy atom. The number of nitrogens with two attached hydrogens (primary N) is 1. The molecule has 0 amide bonds. The molecule has 1 atom stereocenters. The Hall–Kier alpha value is -1.09. The molecule has 0 radical (unpaired) electrons. The molecule has 1 heterocycles. The molecule has 0 aliphatic carbocycles. The molecule has 3 nitrogen and oxygen atoms in total. The number of pyridine rings is 1. The van der Waals surface area contributed by atoms with E-state index in [0.29, 0.717) is 24.4 Å². The van der Waals surface area contributed by atoms with Gasteiger partial charge in [0.2, 0.25) is 0 Å². The Kier molecular flexibility index (Phi) is 4.56. The summed E-state index contributed by atoms with van der Waals surface area (Å²) < 4.78 is 5.71. The Bertz CT molecular complexity index is 299. The molecular weight excluding hydrogens is 188 g/mol. The third kappa shape index (κ3) is 4.79. The van der Waals surface area contributed by atoms with Crippen LogP contribution >= 0.6 is 0 Å². The Labute approximate surface area is 91.7 Å². The number of anilines is 1. The summed E-state index contributed by atoms with van der Waals surface area (Å²) >= 11 is 0. The van der Waals surface area contributed by atoms with Crippen LogP contribution in [0.4, 0.5) is 5.82 Å². The van der Waals surface area contributed by atoms with Crippen LogP contribution in [0.3, 0.4) is 0 Å². The molecule has 3 heteroatoms. The quantitative estimate of drug-likeness (QED) is 0.809. The maximum atomic E-state index is 5.71. The summed E-state index contributed by atoms with van der Waals surface area (Å²) in [6, 6.07) is 3.78. The zero-order valence-corrected chi connectivity index (χ0v) is 9.73. The van der Waals surface area contributed by atoms with Crippen molar-refractivity contribution in [1.29, 1.82) is 0 Å². The van der Waals surface area contributed by atoms with Gasteiger partial charge >= 0.3 is 0 Å². The van der Waals surface area contributed by atoms with Crippen LogP contribution in [-0.4, -0.2) is 11.1 Å². The molecule has 0 spiro atoms. The van der Waals surface area contributed by atoms with Crippen LogP contribution in [0, 0.1) is 5.92 Å². The molecular formula is C12H20N2O. The first kappa shape index (κ1) is 12.0. The first-order valence-corrected chi connectivity index (χ1v) is 5.40. The summed E-state index contributed by atoms with van der Waals surface area (Å²) in [5.74, 6) is 1.22. The van der Waals surface area contributed by atoms with Crippen molar-refractivity contribution < 1.29 is 4.74 Å². The summed E-state index contributed by atoms with van der Waals surface area (Å²) in [5.41, 5.74) is 6.66. The zero-order chi connectivity index (χ0) is 11.3. The standard InChI is InChI=1S/C12H20N2O/c1-9(2)6-10(3)15-8-11-4-5-14-12(13)7-11/h4-5,7,9-10H,6,8H2,1-3H3,(H2,13,14). The topological polar surface area (TPSA) is 48.1 Å². The normalized spacial score (nSPS) is 13.1. The molecule has 0 fully saturated rings. The van der Waals surface area contributed by atoms with Gasteiger partial charge in [-0.2, -0.15) is 0 Å². The minimum atomic E-state index is 0.291. The number of rotatable bonds is 5. The van der Waals surface area contributed by atoms with Crippen LogP contribution in [0.5, 0.6) is 0 Å². The van der Waals surface area contributed by atoms with Gasteiger partial charge in [0.15, 0.2) is 0 Å². The fourth-order valence-corrected chi connectivity index (χ4v) is 1.55. The number of nitrogens with zero attached hydrogens (tertiary/aromatic N) is 1. The zero-order valence-electron chi connectivity index (χ0n) is 9.73. The van der Waals surface area contributed by atoms with Gasteiger partial charge in [-0.15, -0.1) is 0 Å². The van der Waals surface area contributed by atoms with Crippen LogP contribution < -0.4 is 5.73 Å². The lowest BCUT2D eigenvalue weighted by atomic mass is 10.1. The van der Waals surface area contributed by atoms with E-state index in [-0.39, 0.29) is 0 Å². The van der Waals surface area contributed by atoms with Crippen molar-refractivity contribution >= 4 is 5.82 Å². The van der Waals surface area contributed by atoms with E-state index in [9.17, 15) is 0 Å². The van der Waals surface area contributed by atoms with E-state index in [4.69, 9.17) is 10.5 Å². The van der Waals surface area contributed by atoms with Gasteiger partial charge in [0.1, 0.15) is 5.82 Å². The Balaban J connectivity index is 2.36. The van der Waals surface area contributed by atoms with Crippen molar-refractivity contribution in [2.45, 2.75) is 39.9 Å². The number of hydrogen-bond acceptors (Lipinski definition) is 3. The number of nitrogen functional groups attached to an aromatic ring is 1. The Morgan fingerprint density at radius 1 is 1.40 bits per heavy atom. The van der Waals surface area contributed by atoms with Gasteiger partial charge in [-0.3, -0.25) is 0 Å². The van der Waals surface area contributed by atoms with Crippen molar-refractivity contribution in [2.24, 2.45) is 5.92 Å². The van der Waals surface area contributed by atoms with Gasteiger partial charge in [-0.25, -0.2) is 4.98 Å². The van der Waals surface area contributed by atoms with Crippen molar-refractivity contribution in [3.63, 3.8) is 0 Å². The second kappa shape index (κ2) is 5.71. The minimum absolute atomic E-state index is 0.291. The average molecular weight is 208 g/mol. The molecule has 0 aliphatic rings. The molecule has 1 unspecified atom stereocenters. The largest absolute Gasteiger partial charge is 0.384 e. The summed E-state index contributed by atoms with van der Waals surface area (Å²) in [6.45, 7) is 7.11. The van der Waals surface area contributed by atoms with Gasteiger partial charge in [0.25, 0.3) is 0 Å². The molecule has 2 N–H and O–H groups in total. The van der Waals surface area contributed by atoms with E-state index >= 15 is 0 Å². The van der Waals surface area contributed by atoms with E-state index < -0.39 is 0 Å². The molecule has 0 saturated carbocycles. The van der Waals surface area contributed by atoms with E-state index in [1.165, 1.54) is 0 Å². The molecule has 0 saturated heterocycles. The highest BCUT2D eigenvalue weighted by atomic mass is 16.5. The SMILES string of the molecule is CC(C)CC(C)OCc1ccnc(N)c1. The lowest BCUT2D eigenvalue weighted by molar-refractivity contribution is 0.0397. The van der Waals surface area contributed by atoms with Crippen LogP contribution in [0.2, 0.25) is 0 Å². The van der Waals surface area contributed by atoms with Crippen molar-refractivity contribution in [3.05, 3.63) is 23.9 Å². The maximum absolute atomic E-state index is 5.71. The molecule has 1 rings (SSSR count). The third-order valence-electron chi connectivity index (χ3n) is 2.18. The number of aromatic nitrogens is 1. The van der Waals surface area contributed by atoms with E-state index in [0.717, 1.165) is 12.0 Å². The van der Waals surface area contributed by atoms with E-state index in [1.54, 1.807) is 6.20 Å². The van der Waals surface area contributed by atoms with Crippen molar-refractivity contribution in [3.8, 4) is 0 Å². The van der Waals surface area contributed by atoms with Gasteiger partial charge < -0.3 is 10.5 Å². The summed E-state index contributed by atoms with van der Waals surface area (Å²) in [5, 5.41) is 0. The van der Waals surface area contributed by atoms with Crippen LogP contribution in [0.15, 0.2) is 18.3 Å². The maximum Gasteiger partial charge on any atom is 0.123 e. The van der Waals surface area contributed by atoms with E-state index in [1.807, 2.05) is 12.1 Å². The highest BCUT2D eigenvalue weighted by molar-refractivity contribution is 5.31. The predicted molar refractivity (Wildman–Crippen MR) is 62.4 cm³/mol. The fraction of sp³-hybridized carbons (Fsp3) is 0.583. The van der Waals surface area contributed by atoms with Gasteiger partial charge in [0.05, 0.1) is 12.7 Å². The first-order chi connectivity index (χ1) is 7.08. The predicted octanol–water partition coefficient (Wildman–Crippen LogP) is 2.62. The second-order valence-corrected chi connectivity index (χ2v) is 4.34. The summed E-state index contributed by atoms with van der Waals surface area (Å²) in [4.78, 5) is 3.94. The van der Waals surface area contributed by atoms with Gasteiger partial charge in [-0.1, -0.05) is 13.8 Å². The fourth-order valence-electron chi connectivity index (χ4n) is 1.55. The van der Waals surface area contributed by atoms with Gasteiger partial charge in [0, 0.05) is 6.20 Å².